The van der Waals surface area contributed by atoms with Gasteiger partial charge in [-0.1, -0.05) is 46.3 Å². The van der Waals surface area contributed by atoms with Crippen LogP contribution in [-0.4, -0.2) is 33.3 Å². The maximum atomic E-state index is 12.1. The van der Waals surface area contributed by atoms with Crippen LogP contribution in [0.3, 0.4) is 0 Å². The molecule has 1 N–H and O–H groups in total. The topological polar surface area (TPSA) is 37.3 Å². The Labute approximate surface area is 182 Å². The van der Waals surface area contributed by atoms with Crippen LogP contribution in [0, 0.1) is 35.0 Å². The van der Waals surface area contributed by atoms with E-state index in [0.717, 1.165) is 54.6 Å². The van der Waals surface area contributed by atoms with Crippen molar-refractivity contribution in [3.63, 3.8) is 0 Å². The average molecular weight is 425 g/mol. The molecule has 0 spiro atoms. The summed E-state index contributed by atoms with van der Waals surface area (Å²) in [5, 5.41) is 10.0. The number of hydrogen-bond acceptors (Lipinski definition) is 2. The molecule has 3 saturated carbocycles. The number of hydrogen-bond donors (Lipinski definition) is 1. The Morgan fingerprint density at radius 2 is 1.79 bits per heavy atom. The number of fused-ring (bicyclic) bond motifs is 5. The van der Waals surface area contributed by atoms with Crippen LogP contribution in [0.4, 0.5) is 0 Å². The highest BCUT2D eigenvalue weighted by atomic mass is 32.2. The largest absolute Gasteiger partial charge is 0.393 e. The molecule has 170 valence electrons. The molecule has 29 heavy (non-hydrogen) atoms. The molecule has 8 atom stereocenters. The molecule has 0 saturated heterocycles. The summed E-state index contributed by atoms with van der Waals surface area (Å²) in [6.45, 7) is 10.6. The van der Waals surface area contributed by atoms with Gasteiger partial charge in [0.25, 0.3) is 0 Å². The van der Waals surface area contributed by atoms with Crippen LogP contribution in [0.1, 0.15) is 92.4 Å². The van der Waals surface area contributed by atoms with Crippen molar-refractivity contribution in [3.8, 4) is 0 Å². The van der Waals surface area contributed by atoms with Gasteiger partial charge in [0.1, 0.15) is 0 Å². The molecule has 0 aromatic rings. The van der Waals surface area contributed by atoms with E-state index in [2.05, 4.69) is 18.9 Å². The van der Waals surface area contributed by atoms with E-state index in [1.165, 1.54) is 38.5 Å². The smallest absolute Gasteiger partial charge is 0.0577 e. The van der Waals surface area contributed by atoms with Gasteiger partial charge < -0.3 is 5.11 Å². The Morgan fingerprint density at radius 1 is 1.10 bits per heavy atom. The SMILES string of the molecule is C=S(C)(=O)CCC1CCC2C3CC=C4CC(O)CCC4C3CCC12C.CC.CC. The summed E-state index contributed by atoms with van der Waals surface area (Å²) in [4.78, 5) is 0. The second kappa shape index (κ2) is 10.4. The fraction of sp³-hybridized carbons (Fsp3) is 0.885. The minimum Gasteiger partial charge on any atom is -0.393 e. The summed E-state index contributed by atoms with van der Waals surface area (Å²) in [7, 11) is -1.85. The summed E-state index contributed by atoms with van der Waals surface area (Å²) in [6, 6.07) is 0. The van der Waals surface area contributed by atoms with Gasteiger partial charge in [0.15, 0.2) is 0 Å². The van der Waals surface area contributed by atoms with Gasteiger partial charge in [0.05, 0.1) is 6.10 Å². The molecular formula is C26H48O2S. The van der Waals surface area contributed by atoms with E-state index in [9.17, 15) is 9.32 Å². The van der Waals surface area contributed by atoms with E-state index in [1.807, 2.05) is 34.0 Å². The first-order valence-corrected chi connectivity index (χ1v) is 14.8. The number of aliphatic hydroxyl groups excluding tert-OH is 1. The molecule has 0 aliphatic heterocycles. The van der Waals surface area contributed by atoms with Crippen LogP contribution in [0.25, 0.3) is 0 Å². The van der Waals surface area contributed by atoms with E-state index >= 15 is 0 Å². The minimum absolute atomic E-state index is 0.0877. The van der Waals surface area contributed by atoms with Crippen molar-refractivity contribution < 1.29 is 9.32 Å². The monoisotopic (exact) mass is 424 g/mol. The standard InChI is InChI=1S/C22H36O2S.2C2H6/c1-22-12-10-19-18-8-6-17(23)14-15(18)4-7-20(19)21(22)9-5-16(22)11-13-25(2,3)24;2*1-2/h4,16-21,23H,2,5-14H2,1,3H3;2*1-2H3. The summed E-state index contributed by atoms with van der Waals surface area (Å²) in [5.41, 5.74) is 2.05. The van der Waals surface area contributed by atoms with Crippen LogP contribution in [0.15, 0.2) is 11.6 Å². The van der Waals surface area contributed by atoms with Gasteiger partial charge in [-0.15, -0.1) is 0 Å². The van der Waals surface area contributed by atoms with Crippen LogP contribution in [0.2, 0.25) is 0 Å². The third-order valence-corrected chi connectivity index (χ3v) is 9.61. The third-order valence-electron chi connectivity index (χ3n) is 8.51. The van der Waals surface area contributed by atoms with Crippen molar-refractivity contribution in [2.75, 3.05) is 12.0 Å². The lowest BCUT2D eigenvalue weighted by Crippen LogP contribution is -2.46. The number of aliphatic hydroxyl groups is 1. The van der Waals surface area contributed by atoms with Gasteiger partial charge in [-0.2, -0.15) is 0 Å². The zero-order valence-electron chi connectivity index (χ0n) is 20.1. The Morgan fingerprint density at radius 3 is 2.45 bits per heavy atom. The van der Waals surface area contributed by atoms with Crippen molar-refractivity contribution in [2.24, 2.45) is 35.0 Å². The molecule has 4 rings (SSSR count). The van der Waals surface area contributed by atoms with E-state index in [0.29, 0.717) is 5.41 Å². The van der Waals surface area contributed by atoms with Gasteiger partial charge in [-0.25, -0.2) is 0 Å². The van der Waals surface area contributed by atoms with Crippen LogP contribution < -0.4 is 0 Å². The lowest BCUT2D eigenvalue weighted by molar-refractivity contribution is -0.0186. The zero-order valence-corrected chi connectivity index (χ0v) is 20.9. The second-order valence-corrected chi connectivity index (χ2v) is 12.8. The fourth-order valence-electron chi connectivity index (χ4n) is 7.22. The number of allylic oxidation sites excluding steroid dienone is 1. The summed E-state index contributed by atoms with van der Waals surface area (Å²) in [5.74, 6) is 8.78. The normalized spacial score (nSPS) is 42.4. The van der Waals surface area contributed by atoms with Crippen molar-refractivity contribution in [2.45, 2.75) is 98.5 Å². The second-order valence-electron chi connectivity index (χ2n) is 9.99. The molecule has 0 aromatic heterocycles. The molecule has 0 heterocycles. The lowest BCUT2D eigenvalue weighted by atomic mass is 9.51. The Hall–Kier alpha value is -0.280. The van der Waals surface area contributed by atoms with E-state index in [4.69, 9.17) is 0 Å². The first-order valence-electron chi connectivity index (χ1n) is 12.4. The molecule has 0 aromatic carbocycles. The van der Waals surface area contributed by atoms with Crippen LogP contribution in [0.5, 0.6) is 0 Å². The summed E-state index contributed by atoms with van der Waals surface area (Å²) >= 11 is 0. The highest BCUT2D eigenvalue weighted by molar-refractivity contribution is 7.99. The molecule has 0 bridgehead atoms. The number of rotatable bonds is 3. The van der Waals surface area contributed by atoms with Gasteiger partial charge in [0.2, 0.25) is 0 Å². The Kier molecular flexibility index (Phi) is 8.92. The van der Waals surface area contributed by atoms with E-state index in [1.54, 1.807) is 5.57 Å². The molecule has 3 heteroatoms. The first kappa shape index (κ1) is 25.0. The summed E-state index contributed by atoms with van der Waals surface area (Å²) in [6.07, 6.45) is 15.2. The van der Waals surface area contributed by atoms with E-state index < -0.39 is 9.52 Å². The Bertz CT molecular complexity index is 650. The molecule has 0 radical (unpaired) electrons. The maximum absolute atomic E-state index is 12.1. The van der Waals surface area contributed by atoms with Crippen molar-refractivity contribution in [3.05, 3.63) is 11.6 Å². The summed E-state index contributed by atoms with van der Waals surface area (Å²) < 4.78 is 12.1. The van der Waals surface area contributed by atoms with Crippen LogP contribution >= 0.6 is 0 Å². The van der Waals surface area contributed by atoms with Gasteiger partial charge in [0, 0.05) is 12.0 Å². The van der Waals surface area contributed by atoms with Crippen molar-refractivity contribution in [1.82, 2.24) is 0 Å². The van der Waals surface area contributed by atoms with Gasteiger partial charge in [-0.3, -0.25) is 4.21 Å². The lowest BCUT2D eigenvalue weighted by Gasteiger charge is -2.53. The van der Waals surface area contributed by atoms with Gasteiger partial charge >= 0.3 is 0 Å². The Balaban J connectivity index is 0.000000707. The first-order chi connectivity index (χ1) is 13.8. The molecular weight excluding hydrogens is 376 g/mol. The minimum atomic E-state index is -1.85. The quantitative estimate of drug-likeness (QED) is 0.425. The predicted molar refractivity (Wildman–Crippen MR) is 130 cm³/mol. The van der Waals surface area contributed by atoms with Crippen LogP contribution in [-0.2, 0) is 9.52 Å². The molecule has 2 nitrogen and oxygen atoms in total. The van der Waals surface area contributed by atoms with Gasteiger partial charge in [-0.05, 0) is 108 Å². The molecule has 4 aliphatic carbocycles. The average Bonchev–Trinajstić information content (AvgIpc) is 3.05. The highest BCUT2D eigenvalue weighted by Gasteiger charge is 2.55. The molecule has 8 unspecified atom stereocenters. The predicted octanol–water partition coefficient (Wildman–Crippen LogP) is 6.32. The van der Waals surface area contributed by atoms with Crippen molar-refractivity contribution in [1.29, 1.82) is 0 Å². The zero-order chi connectivity index (χ0) is 21.8. The molecule has 0 amide bonds. The molecule has 3 fully saturated rings. The fourth-order valence-corrected chi connectivity index (χ4v) is 8.01. The molecule has 4 aliphatic rings. The maximum Gasteiger partial charge on any atom is 0.0577 e. The highest BCUT2D eigenvalue weighted by Crippen LogP contribution is 2.63. The van der Waals surface area contributed by atoms with Crippen molar-refractivity contribution >= 4 is 15.4 Å². The van der Waals surface area contributed by atoms with E-state index in [-0.39, 0.29) is 6.10 Å². The third kappa shape index (κ3) is 5.32.